The molecule has 1 aromatic heterocycles. The van der Waals surface area contributed by atoms with Gasteiger partial charge in [0.05, 0.1) is 11.8 Å². The summed E-state index contributed by atoms with van der Waals surface area (Å²) in [5.74, 6) is 0.543. The smallest absolute Gasteiger partial charge is 0.227 e. The van der Waals surface area contributed by atoms with E-state index in [0.717, 1.165) is 47.2 Å². The molecule has 7 heteroatoms. The summed E-state index contributed by atoms with van der Waals surface area (Å²) in [6.07, 6.45) is 6.88. The van der Waals surface area contributed by atoms with Gasteiger partial charge in [0.1, 0.15) is 0 Å². The first-order chi connectivity index (χ1) is 13.4. The Kier molecular flexibility index (Phi) is 4.97. The van der Waals surface area contributed by atoms with Crippen molar-refractivity contribution in [3.63, 3.8) is 0 Å². The number of carbonyl (C=O) groups excluding carboxylic acids is 1. The second-order valence-electron chi connectivity index (χ2n) is 7.64. The normalized spacial score (nSPS) is 18.1. The summed E-state index contributed by atoms with van der Waals surface area (Å²) in [6, 6.07) is 7.90. The number of fused-ring (bicyclic) bond motifs is 1. The Labute approximate surface area is 166 Å². The van der Waals surface area contributed by atoms with Crippen molar-refractivity contribution in [2.75, 3.05) is 17.7 Å². The van der Waals surface area contributed by atoms with Gasteiger partial charge in [-0.25, -0.2) is 13.1 Å². The summed E-state index contributed by atoms with van der Waals surface area (Å²) in [5, 5.41) is 0. The maximum absolute atomic E-state index is 12.1. The number of carbonyl (C=O) groups is 1. The van der Waals surface area contributed by atoms with E-state index in [0.29, 0.717) is 12.3 Å². The summed E-state index contributed by atoms with van der Waals surface area (Å²) in [4.78, 5) is 18.0. The van der Waals surface area contributed by atoms with Gasteiger partial charge in [-0.2, -0.15) is 0 Å². The fourth-order valence-corrected chi connectivity index (χ4v) is 4.65. The fraction of sp³-hybridized carbons (Fsp3) is 0.429. The third-order valence-electron chi connectivity index (χ3n) is 5.65. The number of rotatable bonds is 6. The maximum atomic E-state index is 12.1. The highest BCUT2D eigenvalue weighted by Gasteiger charge is 2.35. The van der Waals surface area contributed by atoms with E-state index >= 15 is 0 Å². The standard InChI is InChI=1S/C21H25N3O3S/c1-3-28(26,27)23-21(14-4-5-14)18-11-17(12-22-13-18)15-6-8-19-16(10-15)7-9-20(25)24(19)2/h6,8,10-14,21,23H,3-5,7,9H2,1-2H3/t21-/m1/s1. The Bertz CT molecular complexity index is 1020. The summed E-state index contributed by atoms with van der Waals surface area (Å²) in [6.45, 7) is 1.65. The molecule has 0 bridgehead atoms. The molecule has 1 N–H and O–H groups in total. The van der Waals surface area contributed by atoms with Crippen molar-refractivity contribution in [1.29, 1.82) is 0 Å². The zero-order valence-electron chi connectivity index (χ0n) is 16.2. The van der Waals surface area contributed by atoms with Crippen LogP contribution >= 0.6 is 0 Å². The van der Waals surface area contributed by atoms with E-state index < -0.39 is 10.0 Å². The molecule has 2 aromatic rings. The van der Waals surface area contributed by atoms with Crippen LogP contribution in [0.15, 0.2) is 36.7 Å². The maximum Gasteiger partial charge on any atom is 0.227 e. The van der Waals surface area contributed by atoms with Crippen LogP contribution in [0.4, 0.5) is 5.69 Å². The second kappa shape index (κ2) is 7.29. The number of hydrogen-bond acceptors (Lipinski definition) is 4. The van der Waals surface area contributed by atoms with Gasteiger partial charge in [-0.15, -0.1) is 0 Å². The first kappa shape index (κ1) is 19.1. The van der Waals surface area contributed by atoms with Crippen LogP contribution in [0.25, 0.3) is 11.1 Å². The van der Waals surface area contributed by atoms with E-state index in [1.54, 1.807) is 24.2 Å². The van der Waals surface area contributed by atoms with Crippen molar-refractivity contribution in [2.24, 2.45) is 5.92 Å². The number of sulfonamides is 1. The summed E-state index contributed by atoms with van der Waals surface area (Å²) < 4.78 is 27.1. The molecule has 0 spiro atoms. The molecule has 0 radical (unpaired) electrons. The molecule has 1 atom stereocenters. The largest absolute Gasteiger partial charge is 0.315 e. The summed E-state index contributed by atoms with van der Waals surface area (Å²) >= 11 is 0. The quantitative estimate of drug-likeness (QED) is 0.810. The molecule has 2 heterocycles. The zero-order chi connectivity index (χ0) is 19.9. The van der Waals surface area contributed by atoms with Gasteiger partial charge in [0.25, 0.3) is 0 Å². The van der Waals surface area contributed by atoms with Crippen molar-refractivity contribution >= 4 is 21.6 Å². The summed E-state index contributed by atoms with van der Waals surface area (Å²) in [7, 11) is -1.48. The number of aromatic nitrogens is 1. The lowest BCUT2D eigenvalue weighted by atomic mass is 9.95. The Hall–Kier alpha value is -2.25. The molecule has 6 nitrogen and oxygen atoms in total. The van der Waals surface area contributed by atoms with Crippen LogP contribution in [0.5, 0.6) is 0 Å². The molecular weight excluding hydrogens is 374 g/mol. The third-order valence-corrected chi connectivity index (χ3v) is 7.03. The first-order valence-corrected chi connectivity index (χ1v) is 11.4. The van der Waals surface area contributed by atoms with Gasteiger partial charge in [-0.05, 0) is 67.0 Å². The van der Waals surface area contributed by atoms with E-state index in [1.165, 1.54) is 0 Å². The molecule has 0 unspecified atom stereocenters. The van der Waals surface area contributed by atoms with Crippen LogP contribution in [-0.2, 0) is 21.2 Å². The molecule has 0 saturated heterocycles. The SMILES string of the molecule is CCS(=O)(=O)N[C@@H](c1cncc(-c2ccc3c(c2)CCC(=O)N3C)c1)C1CC1. The van der Waals surface area contributed by atoms with Crippen molar-refractivity contribution in [1.82, 2.24) is 9.71 Å². The molecule has 148 valence electrons. The molecule has 1 fully saturated rings. The highest BCUT2D eigenvalue weighted by atomic mass is 32.2. The van der Waals surface area contributed by atoms with E-state index in [4.69, 9.17) is 0 Å². The molecule has 1 amide bonds. The molecule has 1 aromatic carbocycles. The number of pyridine rings is 1. The van der Waals surface area contributed by atoms with E-state index in [9.17, 15) is 13.2 Å². The Morgan fingerprint density at radius 1 is 1.18 bits per heavy atom. The molecular formula is C21H25N3O3S. The number of aryl methyl sites for hydroxylation is 1. The minimum Gasteiger partial charge on any atom is -0.315 e. The van der Waals surface area contributed by atoms with Crippen molar-refractivity contribution in [3.05, 3.63) is 47.8 Å². The van der Waals surface area contributed by atoms with Crippen LogP contribution in [0, 0.1) is 5.92 Å². The predicted octanol–water partition coefficient (Wildman–Crippen LogP) is 3.05. The van der Waals surface area contributed by atoms with Crippen molar-refractivity contribution in [2.45, 2.75) is 38.6 Å². The van der Waals surface area contributed by atoms with Crippen LogP contribution in [0.3, 0.4) is 0 Å². The van der Waals surface area contributed by atoms with Crippen LogP contribution < -0.4 is 9.62 Å². The third kappa shape index (κ3) is 3.82. The minimum absolute atomic E-state index is 0.0698. The topological polar surface area (TPSA) is 79.4 Å². The predicted molar refractivity (Wildman–Crippen MR) is 109 cm³/mol. The monoisotopic (exact) mass is 399 g/mol. The number of amides is 1. The van der Waals surface area contributed by atoms with Gasteiger partial charge in [0.2, 0.25) is 15.9 Å². The lowest BCUT2D eigenvalue weighted by molar-refractivity contribution is -0.118. The average molecular weight is 400 g/mol. The molecule has 28 heavy (non-hydrogen) atoms. The molecule has 4 rings (SSSR count). The number of benzene rings is 1. The zero-order valence-corrected chi connectivity index (χ0v) is 17.0. The highest BCUT2D eigenvalue weighted by Crippen LogP contribution is 2.42. The van der Waals surface area contributed by atoms with Gasteiger partial charge in [0, 0.05) is 37.1 Å². The second-order valence-corrected chi connectivity index (χ2v) is 9.68. The van der Waals surface area contributed by atoms with Crippen LogP contribution in [-0.4, -0.2) is 32.1 Å². The average Bonchev–Trinajstić information content (AvgIpc) is 3.54. The van der Waals surface area contributed by atoms with E-state index in [-0.39, 0.29) is 17.7 Å². The molecule has 1 saturated carbocycles. The fourth-order valence-electron chi connectivity index (χ4n) is 3.76. The van der Waals surface area contributed by atoms with Crippen molar-refractivity contribution < 1.29 is 13.2 Å². The minimum atomic E-state index is -3.29. The van der Waals surface area contributed by atoms with Gasteiger partial charge in [-0.1, -0.05) is 6.07 Å². The highest BCUT2D eigenvalue weighted by molar-refractivity contribution is 7.89. The van der Waals surface area contributed by atoms with Gasteiger partial charge >= 0.3 is 0 Å². The first-order valence-electron chi connectivity index (χ1n) is 9.73. The van der Waals surface area contributed by atoms with Gasteiger partial charge < -0.3 is 4.90 Å². The van der Waals surface area contributed by atoms with Gasteiger partial charge in [0.15, 0.2) is 0 Å². The number of nitrogens with one attached hydrogen (secondary N) is 1. The summed E-state index contributed by atoms with van der Waals surface area (Å²) in [5.41, 5.74) is 5.00. The van der Waals surface area contributed by atoms with Crippen LogP contribution in [0.1, 0.15) is 43.4 Å². The molecule has 1 aliphatic heterocycles. The van der Waals surface area contributed by atoms with Crippen molar-refractivity contribution in [3.8, 4) is 11.1 Å². The lowest BCUT2D eigenvalue weighted by Crippen LogP contribution is -2.31. The van der Waals surface area contributed by atoms with Gasteiger partial charge in [-0.3, -0.25) is 9.78 Å². The van der Waals surface area contributed by atoms with E-state index in [1.807, 2.05) is 25.2 Å². The van der Waals surface area contributed by atoms with Crippen LogP contribution in [0.2, 0.25) is 0 Å². The molecule has 1 aliphatic carbocycles. The Balaban J connectivity index is 1.66. The van der Waals surface area contributed by atoms with E-state index in [2.05, 4.69) is 15.8 Å². The lowest BCUT2D eigenvalue weighted by Gasteiger charge is -2.26. The molecule has 2 aliphatic rings. The Morgan fingerprint density at radius 3 is 2.68 bits per heavy atom. The number of anilines is 1. The number of nitrogens with zero attached hydrogens (tertiary/aromatic N) is 2. The number of hydrogen-bond donors (Lipinski definition) is 1. The Morgan fingerprint density at radius 2 is 1.96 bits per heavy atom.